The monoisotopic (exact) mass is 354 g/mol. The highest BCUT2D eigenvalue weighted by Gasteiger charge is 2.28. The number of oxazole rings is 1. The molecule has 0 aliphatic carbocycles. The summed E-state index contributed by atoms with van der Waals surface area (Å²) in [7, 11) is 5.66. The van der Waals surface area contributed by atoms with E-state index in [-0.39, 0.29) is 6.03 Å². The molecule has 4 rings (SSSR count). The van der Waals surface area contributed by atoms with E-state index in [1.54, 1.807) is 9.58 Å². The van der Waals surface area contributed by atoms with Crippen molar-refractivity contribution >= 4 is 28.8 Å². The van der Waals surface area contributed by atoms with Gasteiger partial charge in [-0.15, -0.1) is 0 Å². The average molecular weight is 354 g/mol. The van der Waals surface area contributed by atoms with Gasteiger partial charge >= 0.3 is 6.03 Å². The van der Waals surface area contributed by atoms with Gasteiger partial charge in [0, 0.05) is 58.1 Å². The lowest BCUT2D eigenvalue weighted by Gasteiger charge is -2.17. The van der Waals surface area contributed by atoms with Gasteiger partial charge in [0.15, 0.2) is 5.58 Å². The Balaban J connectivity index is 1.44. The van der Waals surface area contributed by atoms with Gasteiger partial charge in [-0.2, -0.15) is 10.1 Å². The van der Waals surface area contributed by atoms with Crippen molar-refractivity contribution < 1.29 is 9.21 Å². The van der Waals surface area contributed by atoms with Crippen LogP contribution in [-0.2, 0) is 7.05 Å². The summed E-state index contributed by atoms with van der Waals surface area (Å²) in [5.74, 6) is 0.342. The van der Waals surface area contributed by atoms with Crippen molar-refractivity contribution in [2.75, 3.05) is 37.4 Å². The highest BCUT2D eigenvalue weighted by Crippen LogP contribution is 2.28. The first-order chi connectivity index (χ1) is 12.5. The summed E-state index contributed by atoms with van der Waals surface area (Å²) in [6.07, 6.45) is 4.85. The summed E-state index contributed by atoms with van der Waals surface area (Å²) >= 11 is 0. The smallest absolute Gasteiger partial charge is 0.321 e. The molecule has 0 radical (unpaired) electrons. The molecule has 3 aromatic rings. The Morgan fingerprint density at radius 1 is 1.38 bits per heavy atom. The van der Waals surface area contributed by atoms with Crippen LogP contribution in [0.5, 0.6) is 0 Å². The van der Waals surface area contributed by atoms with Crippen molar-refractivity contribution in [3.05, 3.63) is 36.2 Å². The molecule has 1 fully saturated rings. The number of amides is 2. The molecule has 1 saturated heterocycles. The lowest BCUT2D eigenvalue weighted by Crippen LogP contribution is -2.32. The number of carbonyl (C=O) groups excluding carboxylic acids is 1. The zero-order valence-electron chi connectivity index (χ0n) is 15.1. The van der Waals surface area contributed by atoms with Gasteiger partial charge in [-0.1, -0.05) is 0 Å². The fourth-order valence-electron chi connectivity index (χ4n) is 3.25. The normalized spacial score (nSPS) is 17.0. The molecule has 1 aliphatic heterocycles. The molecule has 0 bridgehead atoms. The number of nitrogens with zero attached hydrogens (tertiary/aromatic N) is 5. The number of aromatic nitrogens is 3. The van der Waals surface area contributed by atoms with Crippen LogP contribution < -0.4 is 10.2 Å². The van der Waals surface area contributed by atoms with Gasteiger partial charge in [0.1, 0.15) is 5.52 Å². The molecule has 26 heavy (non-hydrogen) atoms. The molecular formula is C18H22N6O2. The molecule has 1 aliphatic rings. The zero-order valence-corrected chi connectivity index (χ0v) is 15.1. The number of benzene rings is 1. The summed E-state index contributed by atoms with van der Waals surface area (Å²) in [5.41, 5.74) is 3.31. The Bertz CT molecular complexity index is 944. The van der Waals surface area contributed by atoms with Crippen LogP contribution in [0.1, 0.15) is 17.9 Å². The van der Waals surface area contributed by atoms with Gasteiger partial charge in [0.2, 0.25) is 0 Å². The Kier molecular flexibility index (Phi) is 4.02. The fraction of sp³-hybridized carbons (Fsp3) is 0.389. The van der Waals surface area contributed by atoms with E-state index < -0.39 is 0 Å². The molecule has 2 amide bonds. The van der Waals surface area contributed by atoms with Crippen molar-refractivity contribution in [2.45, 2.75) is 12.3 Å². The maximum atomic E-state index is 12.6. The van der Waals surface area contributed by atoms with Crippen LogP contribution in [0.4, 0.5) is 16.5 Å². The third-order valence-electron chi connectivity index (χ3n) is 4.68. The second-order valence-electron chi connectivity index (χ2n) is 6.88. The van der Waals surface area contributed by atoms with Gasteiger partial charge in [0.25, 0.3) is 6.01 Å². The molecule has 0 spiro atoms. The number of carbonyl (C=O) groups is 1. The number of likely N-dealkylation sites (tertiary alicyclic amines) is 1. The molecule has 136 valence electrons. The molecule has 8 nitrogen and oxygen atoms in total. The minimum atomic E-state index is -0.0944. The van der Waals surface area contributed by atoms with E-state index in [2.05, 4.69) is 15.4 Å². The van der Waals surface area contributed by atoms with E-state index in [1.807, 2.05) is 56.6 Å². The number of hydrogen-bond acceptors (Lipinski definition) is 5. The molecule has 0 saturated carbocycles. The van der Waals surface area contributed by atoms with Crippen LogP contribution in [-0.4, -0.2) is 52.9 Å². The Morgan fingerprint density at radius 2 is 2.23 bits per heavy atom. The van der Waals surface area contributed by atoms with Crippen LogP contribution in [0.25, 0.3) is 11.1 Å². The number of nitrogens with one attached hydrogen (secondary N) is 1. The number of rotatable bonds is 3. The van der Waals surface area contributed by atoms with Gasteiger partial charge in [-0.3, -0.25) is 4.68 Å². The molecule has 3 heterocycles. The molecule has 1 unspecified atom stereocenters. The minimum Gasteiger partial charge on any atom is -0.423 e. The average Bonchev–Trinajstić information content (AvgIpc) is 3.32. The van der Waals surface area contributed by atoms with Crippen molar-refractivity contribution in [2.24, 2.45) is 7.05 Å². The Hall–Kier alpha value is -3.03. The van der Waals surface area contributed by atoms with Crippen LogP contribution in [0.3, 0.4) is 0 Å². The second kappa shape index (κ2) is 6.36. The van der Waals surface area contributed by atoms with Crippen LogP contribution in [0.15, 0.2) is 35.0 Å². The fourth-order valence-corrected chi connectivity index (χ4v) is 3.25. The van der Waals surface area contributed by atoms with Crippen LogP contribution in [0, 0.1) is 0 Å². The first-order valence-corrected chi connectivity index (χ1v) is 8.62. The SMILES string of the molecule is CN(C)c1nc2ccc(NC(=O)N3CCC(c4cnn(C)c4)C3)cc2o1. The minimum absolute atomic E-state index is 0.0944. The van der Waals surface area contributed by atoms with E-state index in [9.17, 15) is 4.79 Å². The van der Waals surface area contributed by atoms with E-state index in [1.165, 1.54) is 5.56 Å². The van der Waals surface area contributed by atoms with Crippen molar-refractivity contribution in [1.29, 1.82) is 0 Å². The number of anilines is 2. The van der Waals surface area contributed by atoms with E-state index in [0.29, 0.717) is 29.7 Å². The summed E-state index contributed by atoms with van der Waals surface area (Å²) in [6.45, 7) is 1.44. The zero-order chi connectivity index (χ0) is 18.3. The summed E-state index contributed by atoms with van der Waals surface area (Å²) in [4.78, 5) is 20.6. The molecule has 1 atom stereocenters. The Morgan fingerprint density at radius 3 is 2.96 bits per heavy atom. The molecule has 1 aromatic carbocycles. The van der Waals surface area contributed by atoms with Gasteiger partial charge in [-0.25, -0.2) is 4.79 Å². The predicted molar refractivity (Wildman–Crippen MR) is 99.5 cm³/mol. The standard InChI is InChI=1S/C18H22N6O2/c1-22(2)18-21-15-5-4-14(8-16(15)26-18)20-17(25)24-7-6-12(11-24)13-9-19-23(3)10-13/h4-5,8-10,12H,6-7,11H2,1-3H3,(H,20,25). The topological polar surface area (TPSA) is 79.4 Å². The molecule has 1 N–H and O–H groups in total. The maximum Gasteiger partial charge on any atom is 0.321 e. The highest BCUT2D eigenvalue weighted by atomic mass is 16.4. The van der Waals surface area contributed by atoms with E-state index in [0.717, 1.165) is 18.5 Å². The maximum absolute atomic E-state index is 12.6. The van der Waals surface area contributed by atoms with E-state index in [4.69, 9.17) is 4.42 Å². The molecular weight excluding hydrogens is 332 g/mol. The number of urea groups is 1. The third-order valence-corrected chi connectivity index (χ3v) is 4.68. The van der Waals surface area contributed by atoms with Crippen molar-refractivity contribution in [3.8, 4) is 0 Å². The van der Waals surface area contributed by atoms with Crippen molar-refractivity contribution in [1.82, 2.24) is 19.7 Å². The first kappa shape index (κ1) is 16.4. The third kappa shape index (κ3) is 3.10. The predicted octanol–water partition coefficient (Wildman–Crippen LogP) is 2.65. The summed E-state index contributed by atoms with van der Waals surface area (Å²) < 4.78 is 7.49. The number of aryl methyl sites for hydroxylation is 1. The molecule has 2 aromatic heterocycles. The summed E-state index contributed by atoms with van der Waals surface area (Å²) in [5, 5.41) is 7.18. The second-order valence-corrected chi connectivity index (χ2v) is 6.88. The van der Waals surface area contributed by atoms with Crippen molar-refractivity contribution in [3.63, 3.8) is 0 Å². The largest absolute Gasteiger partial charge is 0.423 e. The lowest BCUT2D eigenvalue weighted by atomic mass is 10.0. The number of fused-ring (bicyclic) bond motifs is 1. The first-order valence-electron chi connectivity index (χ1n) is 8.62. The molecule has 8 heteroatoms. The highest BCUT2D eigenvalue weighted by molar-refractivity contribution is 5.92. The van der Waals surface area contributed by atoms with Gasteiger partial charge < -0.3 is 19.5 Å². The summed E-state index contributed by atoms with van der Waals surface area (Å²) in [6, 6.07) is 5.95. The quantitative estimate of drug-likeness (QED) is 0.782. The van der Waals surface area contributed by atoms with Gasteiger partial charge in [0.05, 0.1) is 6.20 Å². The van der Waals surface area contributed by atoms with Gasteiger partial charge in [-0.05, 0) is 24.1 Å². The Labute approximate surface area is 151 Å². The van der Waals surface area contributed by atoms with Crippen LogP contribution >= 0.6 is 0 Å². The lowest BCUT2D eigenvalue weighted by molar-refractivity contribution is 0.222. The number of hydrogen-bond donors (Lipinski definition) is 1. The van der Waals surface area contributed by atoms with Crippen LogP contribution in [0.2, 0.25) is 0 Å². The van der Waals surface area contributed by atoms with E-state index >= 15 is 0 Å².